The Morgan fingerprint density at radius 1 is 1.19 bits per heavy atom. The van der Waals surface area contributed by atoms with Crippen LogP contribution < -0.4 is 5.73 Å². The highest BCUT2D eigenvalue weighted by Crippen LogP contribution is 2.14. The molecule has 0 spiro atoms. The molecular formula is C12H17F2NS. The maximum Gasteiger partial charge on any atom is 0.126 e. The third kappa shape index (κ3) is 4.94. The Morgan fingerprint density at radius 2 is 1.75 bits per heavy atom. The molecule has 1 atom stereocenters. The Hall–Kier alpha value is -0.610. The molecule has 0 radical (unpaired) electrons. The van der Waals surface area contributed by atoms with Crippen molar-refractivity contribution in [1.82, 2.24) is 0 Å². The monoisotopic (exact) mass is 245 g/mol. The van der Waals surface area contributed by atoms with Gasteiger partial charge in [0.15, 0.2) is 0 Å². The van der Waals surface area contributed by atoms with Gasteiger partial charge in [0.05, 0.1) is 0 Å². The Morgan fingerprint density at radius 3 is 2.25 bits per heavy atom. The molecule has 0 saturated heterocycles. The van der Waals surface area contributed by atoms with Crippen molar-refractivity contribution in [3.63, 3.8) is 0 Å². The second kappa shape index (κ2) is 6.21. The lowest BCUT2D eigenvalue weighted by Gasteiger charge is -2.13. The molecule has 1 nitrogen and oxygen atoms in total. The highest BCUT2D eigenvalue weighted by Gasteiger charge is 2.08. The van der Waals surface area contributed by atoms with Gasteiger partial charge in [-0.25, -0.2) is 8.78 Å². The van der Waals surface area contributed by atoms with Gasteiger partial charge in [0.25, 0.3) is 0 Å². The second-order valence-corrected chi connectivity index (χ2v) is 5.73. The van der Waals surface area contributed by atoms with E-state index in [1.54, 1.807) is 11.8 Å². The van der Waals surface area contributed by atoms with Crippen molar-refractivity contribution in [3.05, 3.63) is 35.4 Å². The first-order chi connectivity index (χ1) is 7.47. The minimum Gasteiger partial charge on any atom is -0.327 e. The van der Waals surface area contributed by atoms with E-state index in [4.69, 9.17) is 5.73 Å². The van der Waals surface area contributed by atoms with Crippen LogP contribution in [0, 0.1) is 11.6 Å². The van der Waals surface area contributed by atoms with E-state index in [1.807, 2.05) is 0 Å². The summed E-state index contributed by atoms with van der Waals surface area (Å²) >= 11 is 1.75. The predicted molar refractivity (Wildman–Crippen MR) is 65.6 cm³/mol. The summed E-state index contributed by atoms with van der Waals surface area (Å²) < 4.78 is 25.8. The molecule has 0 aliphatic heterocycles. The van der Waals surface area contributed by atoms with Crippen LogP contribution in [0.4, 0.5) is 8.78 Å². The van der Waals surface area contributed by atoms with E-state index in [9.17, 15) is 8.78 Å². The normalized spacial score (nSPS) is 13.1. The van der Waals surface area contributed by atoms with Crippen LogP contribution >= 0.6 is 11.8 Å². The van der Waals surface area contributed by atoms with E-state index in [2.05, 4.69) is 13.8 Å². The van der Waals surface area contributed by atoms with E-state index in [0.29, 0.717) is 17.2 Å². The first-order valence-electron chi connectivity index (χ1n) is 5.29. The molecule has 0 bridgehead atoms. The predicted octanol–water partition coefficient (Wildman–Crippen LogP) is 2.98. The van der Waals surface area contributed by atoms with Crippen molar-refractivity contribution in [2.24, 2.45) is 5.73 Å². The average molecular weight is 245 g/mol. The molecule has 1 aromatic carbocycles. The van der Waals surface area contributed by atoms with Crippen LogP contribution in [0.3, 0.4) is 0 Å². The molecule has 1 unspecified atom stereocenters. The number of nitrogens with two attached hydrogens (primary N) is 1. The molecule has 0 saturated carbocycles. The zero-order valence-electron chi connectivity index (χ0n) is 9.54. The topological polar surface area (TPSA) is 26.0 Å². The Labute approximate surface area is 99.4 Å². The van der Waals surface area contributed by atoms with E-state index < -0.39 is 11.6 Å². The fraction of sp³-hybridized carbons (Fsp3) is 0.500. The van der Waals surface area contributed by atoms with Gasteiger partial charge >= 0.3 is 0 Å². The number of rotatable bonds is 5. The Balaban J connectivity index is 2.52. The third-order valence-corrected chi connectivity index (χ3v) is 3.35. The van der Waals surface area contributed by atoms with Gasteiger partial charge in [-0.3, -0.25) is 0 Å². The fourth-order valence-corrected chi connectivity index (χ4v) is 2.16. The highest BCUT2D eigenvalue weighted by atomic mass is 32.2. The summed E-state index contributed by atoms with van der Waals surface area (Å²) in [6.07, 6.45) is 0.508. The smallest absolute Gasteiger partial charge is 0.126 e. The van der Waals surface area contributed by atoms with Crippen LogP contribution in [0.2, 0.25) is 0 Å². The molecule has 0 aliphatic carbocycles. The van der Waals surface area contributed by atoms with Crippen molar-refractivity contribution < 1.29 is 8.78 Å². The Kier molecular flexibility index (Phi) is 5.22. The van der Waals surface area contributed by atoms with E-state index in [0.717, 1.165) is 11.8 Å². The summed E-state index contributed by atoms with van der Waals surface area (Å²) in [7, 11) is 0. The lowest BCUT2D eigenvalue weighted by molar-refractivity contribution is 0.577. The highest BCUT2D eigenvalue weighted by molar-refractivity contribution is 7.99. The van der Waals surface area contributed by atoms with Crippen LogP contribution in [0.1, 0.15) is 19.4 Å². The summed E-state index contributed by atoms with van der Waals surface area (Å²) in [5.74, 6) is -0.284. The van der Waals surface area contributed by atoms with Crippen molar-refractivity contribution in [3.8, 4) is 0 Å². The second-order valence-electron chi connectivity index (χ2n) is 4.12. The lowest BCUT2D eigenvalue weighted by atomic mass is 10.1. The molecule has 16 heavy (non-hydrogen) atoms. The van der Waals surface area contributed by atoms with Crippen LogP contribution in [0.5, 0.6) is 0 Å². The minimum absolute atomic E-state index is 0.0615. The molecule has 90 valence electrons. The van der Waals surface area contributed by atoms with Crippen molar-refractivity contribution >= 4 is 11.8 Å². The maximum absolute atomic E-state index is 12.9. The van der Waals surface area contributed by atoms with E-state index in [1.165, 1.54) is 12.1 Å². The van der Waals surface area contributed by atoms with Crippen LogP contribution in [0.25, 0.3) is 0 Å². The van der Waals surface area contributed by atoms with Crippen molar-refractivity contribution in [2.75, 3.05) is 5.75 Å². The summed E-state index contributed by atoms with van der Waals surface area (Å²) in [5.41, 5.74) is 6.51. The minimum atomic E-state index is -0.543. The first-order valence-corrected chi connectivity index (χ1v) is 6.34. The van der Waals surface area contributed by atoms with Crippen LogP contribution in [0.15, 0.2) is 18.2 Å². The van der Waals surface area contributed by atoms with Crippen molar-refractivity contribution in [1.29, 1.82) is 0 Å². The molecule has 1 rings (SSSR count). The molecule has 0 aliphatic rings. The standard InChI is InChI=1S/C12H17F2NS/c1-8(2)16-7-12(15)5-9-3-10(13)6-11(14)4-9/h3-4,6,8,12H,5,7,15H2,1-2H3. The Bertz CT molecular complexity index is 322. The number of hydrogen-bond donors (Lipinski definition) is 1. The molecule has 0 aromatic heterocycles. The van der Waals surface area contributed by atoms with Gasteiger partial charge in [-0.1, -0.05) is 13.8 Å². The zero-order valence-corrected chi connectivity index (χ0v) is 10.4. The van der Waals surface area contributed by atoms with E-state index >= 15 is 0 Å². The van der Waals surface area contributed by atoms with Gasteiger partial charge in [-0.2, -0.15) is 11.8 Å². The molecular weight excluding hydrogens is 228 g/mol. The number of thioether (sulfide) groups is 1. The largest absolute Gasteiger partial charge is 0.327 e. The molecule has 2 N–H and O–H groups in total. The zero-order chi connectivity index (χ0) is 12.1. The van der Waals surface area contributed by atoms with E-state index in [-0.39, 0.29) is 6.04 Å². The third-order valence-electron chi connectivity index (χ3n) is 2.06. The summed E-state index contributed by atoms with van der Waals surface area (Å²) in [6, 6.07) is 3.48. The van der Waals surface area contributed by atoms with Crippen LogP contribution in [-0.2, 0) is 6.42 Å². The van der Waals surface area contributed by atoms with Crippen LogP contribution in [-0.4, -0.2) is 17.0 Å². The fourth-order valence-electron chi connectivity index (χ4n) is 1.41. The molecule has 4 heteroatoms. The van der Waals surface area contributed by atoms with Gasteiger partial charge in [0.1, 0.15) is 11.6 Å². The number of halogens is 2. The average Bonchev–Trinajstić information content (AvgIpc) is 2.12. The maximum atomic E-state index is 12.9. The molecule has 0 heterocycles. The SMILES string of the molecule is CC(C)SCC(N)Cc1cc(F)cc(F)c1. The lowest BCUT2D eigenvalue weighted by Crippen LogP contribution is -2.26. The quantitative estimate of drug-likeness (QED) is 0.863. The van der Waals surface area contributed by atoms with Gasteiger partial charge < -0.3 is 5.73 Å². The summed E-state index contributed by atoms with van der Waals surface area (Å²) in [5, 5.41) is 0.523. The number of benzene rings is 1. The van der Waals surface area contributed by atoms with Gasteiger partial charge in [0.2, 0.25) is 0 Å². The van der Waals surface area contributed by atoms with Gasteiger partial charge in [0, 0.05) is 17.9 Å². The van der Waals surface area contributed by atoms with Gasteiger partial charge in [-0.15, -0.1) is 0 Å². The summed E-state index contributed by atoms with van der Waals surface area (Å²) in [6.45, 7) is 4.19. The molecule has 0 amide bonds. The molecule has 0 fully saturated rings. The first kappa shape index (κ1) is 13.5. The molecule has 1 aromatic rings. The summed E-state index contributed by atoms with van der Waals surface area (Å²) in [4.78, 5) is 0. The van der Waals surface area contributed by atoms with Crippen molar-refractivity contribution in [2.45, 2.75) is 31.6 Å². The number of hydrogen-bond acceptors (Lipinski definition) is 2. The van der Waals surface area contributed by atoms with Gasteiger partial charge in [-0.05, 0) is 29.4 Å².